The Morgan fingerprint density at radius 3 is 1.74 bits per heavy atom. The van der Waals surface area contributed by atoms with Crippen LogP contribution >= 0.6 is 7.60 Å². The van der Waals surface area contributed by atoms with Gasteiger partial charge in [-0.3, -0.25) is 9.36 Å². The molecule has 1 atom stereocenters. The summed E-state index contributed by atoms with van der Waals surface area (Å²) in [5.41, 5.74) is 2.78. The van der Waals surface area contributed by atoms with Gasteiger partial charge in [0.25, 0.3) is 5.91 Å². The smallest absolute Gasteiger partial charge is 0.334 e. The van der Waals surface area contributed by atoms with E-state index in [1.54, 1.807) is 24.3 Å². The lowest BCUT2D eigenvalue weighted by Gasteiger charge is -2.27. The fourth-order valence-electron chi connectivity index (χ4n) is 3.72. The normalized spacial score (nSPS) is 12.2. The lowest BCUT2D eigenvalue weighted by Crippen LogP contribution is -2.46. The first-order valence-corrected chi connectivity index (χ1v) is 12.4. The number of amides is 1. The van der Waals surface area contributed by atoms with Gasteiger partial charge in [-0.25, -0.2) is 4.79 Å². The molecule has 0 aromatic heterocycles. The van der Waals surface area contributed by atoms with E-state index in [1.165, 1.54) is 21.3 Å². The summed E-state index contributed by atoms with van der Waals surface area (Å²) in [4.78, 5) is 26.0. The van der Waals surface area contributed by atoms with Crippen molar-refractivity contribution in [3.05, 3.63) is 107 Å². The van der Waals surface area contributed by atoms with Crippen LogP contribution in [0.25, 0.3) is 0 Å². The third-order valence-corrected chi connectivity index (χ3v) is 7.41. The molecule has 0 aliphatic rings. The predicted molar refractivity (Wildman–Crippen MR) is 130 cm³/mol. The van der Waals surface area contributed by atoms with Crippen LogP contribution in [0.15, 0.2) is 84.9 Å². The Morgan fingerprint density at radius 1 is 0.794 bits per heavy atom. The van der Waals surface area contributed by atoms with Crippen molar-refractivity contribution in [2.24, 2.45) is 0 Å². The Hall–Kier alpha value is -3.25. The van der Waals surface area contributed by atoms with E-state index in [4.69, 9.17) is 13.8 Å². The maximum absolute atomic E-state index is 13.1. The highest BCUT2D eigenvalue weighted by Crippen LogP contribution is 2.49. The molecule has 0 unspecified atom stereocenters. The molecule has 8 heteroatoms. The van der Waals surface area contributed by atoms with Crippen LogP contribution in [0.3, 0.4) is 0 Å². The molecule has 0 fully saturated rings. The second kappa shape index (κ2) is 11.7. The van der Waals surface area contributed by atoms with Gasteiger partial charge in [-0.2, -0.15) is 0 Å². The van der Waals surface area contributed by atoms with Crippen LogP contribution in [0.1, 0.15) is 33.0 Å². The number of rotatable bonds is 10. The Labute approximate surface area is 199 Å². The van der Waals surface area contributed by atoms with Gasteiger partial charge in [-0.05, 0) is 28.8 Å². The molecular formula is C26H28NO6P. The number of hydrogen-bond acceptors (Lipinski definition) is 6. The number of hydrogen-bond donors (Lipinski definition) is 1. The van der Waals surface area contributed by atoms with Crippen molar-refractivity contribution in [1.82, 2.24) is 5.32 Å². The fourth-order valence-corrected chi connectivity index (χ4v) is 4.78. The maximum atomic E-state index is 13.1. The molecule has 0 aliphatic heterocycles. The molecule has 1 N–H and O–H groups in total. The van der Waals surface area contributed by atoms with E-state index in [0.717, 1.165) is 11.1 Å². The minimum atomic E-state index is -3.22. The summed E-state index contributed by atoms with van der Waals surface area (Å²) in [5, 5.41) is 2.85. The number of ether oxygens (including phenoxy) is 1. The third kappa shape index (κ3) is 6.20. The van der Waals surface area contributed by atoms with Crippen molar-refractivity contribution in [1.29, 1.82) is 0 Å². The first-order chi connectivity index (χ1) is 16.4. The lowest BCUT2D eigenvalue weighted by atomic mass is 9.84. The molecule has 1 amide bonds. The molecule has 3 aromatic rings. The van der Waals surface area contributed by atoms with Gasteiger partial charge in [0.15, 0.2) is 0 Å². The van der Waals surface area contributed by atoms with Gasteiger partial charge >= 0.3 is 13.6 Å². The molecular weight excluding hydrogens is 453 g/mol. The average Bonchev–Trinajstić information content (AvgIpc) is 2.89. The summed E-state index contributed by atoms with van der Waals surface area (Å²) in [6, 6.07) is 24.6. The number of benzene rings is 3. The van der Waals surface area contributed by atoms with Crippen LogP contribution in [0.2, 0.25) is 0 Å². The van der Waals surface area contributed by atoms with Crippen molar-refractivity contribution in [2.45, 2.75) is 18.1 Å². The van der Waals surface area contributed by atoms with Crippen molar-refractivity contribution in [2.75, 3.05) is 21.3 Å². The van der Waals surface area contributed by atoms with Crippen LogP contribution in [-0.2, 0) is 29.3 Å². The molecule has 0 saturated heterocycles. The van der Waals surface area contributed by atoms with Gasteiger partial charge in [0.1, 0.15) is 6.04 Å². The SMILES string of the molecule is COC(=O)[C@H](NC(=O)c1ccc(CP(=O)(OC)OC)cc1)C(c1ccccc1)c1ccccc1. The first-order valence-electron chi connectivity index (χ1n) is 10.7. The van der Waals surface area contributed by atoms with Gasteiger partial charge in [0.2, 0.25) is 0 Å². The summed E-state index contributed by atoms with van der Waals surface area (Å²) >= 11 is 0. The van der Waals surface area contributed by atoms with Gasteiger partial charge in [-0.15, -0.1) is 0 Å². The molecule has 3 rings (SSSR count). The Kier molecular flexibility index (Phi) is 8.77. The minimum absolute atomic E-state index is 0.0801. The largest absolute Gasteiger partial charge is 0.467 e. The Morgan fingerprint density at radius 2 is 1.29 bits per heavy atom. The van der Waals surface area contributed by atoms with E-state index in [-0.39, 0.29) is 6.16 Å². The molecule has 0 spiro atoms. The van der Waals surface area contributed by atoms with Gasteiger partial charge in [0.05, 0.1) is 13.3 Å². The highest BCUT2D eigenvalue weighted by atomic mass is 31.2. The molecule has 0 saturated carbocycles. The number of carbonyl (C=O) groups excluding carboxylic acids is 2. The molecule has 0 heterocycles. The van der Waals surface area contributed by atoms with Crippen molar-refractivity contribution >= 4 is 19.5 Å². The topological polar surface area (TPSA) is 90.9 Å². The second-order valence-corrected chi connectivity index (χ2v) is 9.87. The van der Waals surface area contributed by atoms with Crippen LogP contribution in [0.4, 0.5) is 0 Å². The van der Waals surface area contributed by atoms with Gasteiger partial charge < -0.3 is 19.1 Å². The zero-order valence-electron chi connectivity index (χ0n) is 19.3. The van der Waals surface area contributed by atoms with Crippen molar-refractivity contribution in [3.63, 3.8) is 0 Å². The minimum Gasteiger partial charge on any atom is -0.467 e. The predicted octanol–water partition coefficient (Wildman–Crippen LogP) is 4.78. The standard InChI is InChI=1S/C26H28NO6P/c1-31-26(29)24(23(20-10-6-4-7-11-20)21-12-8-5-9-13-21)27-25(28)22-16-14-19(15-17-22)18-34(30,32-2)33-3/h4-17,23-24H,18H2,1-3H3,(H,27,28)/t24-/m1/s1. The van der Waals surface area contributed by atoms with E-state index in [0.29, 0.717) is 11.1 Å². The zero-order chi connectivity index (χ0) is 24.6. The van der Waals surface area contributed by atoms with E-state index in [1.807, 2.05) is 60.7 Å². The number of nitrogens with one attached hydrogen (secondary N) is 1. The lowest BCUT2D eigenvalue weighted by molar-refractivity contribution is -0.143. The average molecular weight is 481 g/mol. The van der Waals surface area contributed by atoms with E-state index in [2.05, 4.69) is 5.32 Å². The Balaban J connectivity index is 1.89. The van der Waals surface area contributed by atoms with Gasteiger partial charge in [0, 0.05) is 25.7 Å². The number of methoxy groups -OCH3 is 1. The molecule has 0 radical (unpaired) electrons. The molecule has 178 valence electrons. The highest BCUT2D eigenvalue weighted by Gasteiger charge is 2.33. The third-order valence-electron chi connectivity index (χ3n) is 5.54. The van der Waals surface area contributed by atoms with Crippen LogP contribution in [0.5, 0.6) is 0 Å². The van der Waals surface area contributed by atoms with Crippen molar-refractivity contribution in [3.8, 4) is 0 Å². The van der Waals surface area contributed by atoms with Crippen LogP contribution in [0, 0.1) is 0 Å². The fraction of sp³-hybridized carbons (Fsp3) is 0.231. The Bertz CT molecular complexity index is 1090. The monoisotopic (exact) mass is 481 g/mol. The van der Waals surface area contributed by atoms with E-state index in [9.17, 15) is 14.2 Å². The molecule has 7 nitrogen and oxygen atoms in total. The van der Waals surface area contributed by atoms with Crippen LogP contribution in [-0.4, -0.2) is 39.2 Å². The van der Waals surface area contributed by atoms with Crippen LogP contribution < -0.4 is 5.32 Å². The summed E-state index contributed by atoms with van der Waals surface area (Å²) < 4.78 is 27.4. The summed E-state index contributed by atoms with van der Waals surface area (Å²) in [7, 11) is 0.731. The molecule has 0 aliphatic carbocycles. The second-order valence-electron chi connectivity index (χ2n) is 7.60. The molecule has 3 aromatic carbocycles. The summed E-state index contributed by atoms with van der Waals surface area (Å²) in [6.07, 6.45) is 0.0801. The first kappa shape index (κ1) is 25.4. The maximum Gasteiger partial charge on any atom is 0.334 e. The quantitative estimate of drug-likeness (QED) is 0.331. The number of carbonyl (C=O) groups is 2. The summed E-state index contributed by atoms with van der Waals surface area (Å²) in [5.74, 6) is -1.43. The van der Waals surface area contributed by atoms with Crippen molar-refractivity contribution < 1.29 is 27.9 Å². The summed E-state index contributed by atoms with van der Waals surface area (Å²) in [6.45, 7) is 0. The molecule has 0 bridgehead atoms. The zero-order valence-corrected chi connectivity index (χ0v) is 20.2. The van der Waals surface area contributed by atoms with E-state index < -0.39 is 31.4 Å². The van der Waals surface area contributed by atoms with Gasteiger partial charge in [-0.1, -0.05) is 72.8 Å². The van der Waals surface area contributed by atoms with E-state index >= 15 is 0 Å². The number of esters is 1. The molecule has 34 heavy (non-hydrogen) atoms. The highest BCUT2D eigenvalue weighted by molar-refractivity contribution is 7.52.